The fourth-order valence-corrected chi connectivity index (χ4v) is 4.14. The third-order valence-electron chi connectivity index (χ3n) is 2.24. The maximum absolute atomic E-state index is 11.5. The highest BCUT2D eigenvalue weighted by Crippen LogP contribution is 2.34. The molecule has 0 N–H and O–H groups in total. The lowest BCUT2D eigenvalue weighted by atomic mass is 10.2. The van der Waals surface area contributed by atoms with Crippen molar-refractivity contribution in [2.75, 3.05) is 5.75 Å². The predicted octanol–water partition coefficient (Wildman–Crippen LogP) is 2.75. The molecule has 0 bridgehead atoms. The van der Waals surface area contributed by atoms with Gasteiger partial charge < -0.3 is 0 Å². The molecule has 0 aromatic heterocycles. The standard InChI is InChI=1S/C11H12O2S2/c1-9-4-6-10(7-5-9)14-11-3-2-8-15(11,12)13/h3-7H,2,8H2,1H3. The van der Waals surface area contributed by atoms with Crippen LogP contribution in [0.2, 0.25) is 0 Å². The van der Waals surface area contributed by atoms with E-state index < -0.39 is 9.84 Å². The number of allylic oxidation sites excluding steroid dienone is 1. The molecular formula is C11H12O2S2. The Morgan fingerprint density at radius 2 is 1.87 bits per heavy atom. The van der Waals surface area contributed by atoms with Crippen LogP contribution in [0.25, 0.3) is 0 Å². The monoisotopic (exact) mass is 240 g/mol. The third-order valence-corrected chi connectivity index (χ3v) is 5.68. The molecule has 15 heavy (non-hydrogen) atoms. The van der Waals surface area contributed by atoms with Gasteiger partial charge in [0.1, 0.15) is 4.24 Å². The maximum atomic E-state index is 11.5. The highest BCUT2D eigenvalue weighted by molar-refractivity contribution is 8.18. The Labute approximate surface area is 94.3 Å². The fraction of sp³-hybridized carbons (Fsp3) is 0.273. The number of benzene rings is 1. The van der Waals surface area contributed by atoms with E-state index >= 15 is 0 Å². The highest BCUT2D eigenvalue weighted by atomic mass is 32.3. The number of hydrogen-bond donors (Lipinski definition) is 0. The van der Waals surface area contributed by atoms with Gasteiger partial charge in [-0.3, -0.25) is 0 Å². The normalized spacial score (nSPS) is 18.9. The molecule has 2 nitrogen and oxygen atoms in total. The van der Waals surface area contributed by atoms with Crippen LogP contribution in [0.4, 0.5) is 0 Å². The molecule has 0 saturated heterocycles. The van der Waals surface area contributed by atoms with Gasteiger partial charge in [0.2, 0.25) is 0 Å². The summed E-state index contributed by atoms with van der Waals surface area (Å²) >= 11 is 1.34. The number of hydrogen-bond acceptors (Lipinski definition) is 3. The van der Waals surface area contributed by atoms with E-state index in [1.807, 2.05) is 31.2 Å². The second-order valence-electron chi connectivity index (χ2n) is 3.55. The zero-order valence-electron chi connectivity index (χ0n) is 8.43. The van der Waals surface area contributed by atoms with Crippen LogP contribution in [0.15, 0.2) is 39.5 Å². The summed E-state index contributed by atoms with van der Waals surface area (Å²) in [6.45, 7) is 2.01. The number of thioether (sulfide) groups is 1. The zero-order chi connectivity index (χ0) is 10.9. The summed E-state index contributed by atoms with van der Waals surface area (Å²) < 4.78 is 23.6. The van der Waals surface area contributed by atoms with Crippen molar-refractivity contribution in [2.45, 2.75) is 18.2 Å². The van der Waals surface area contributed by atoms with Gasteiger partial charge in [0.15, 0.2) is 9.84 Å². The van der Waals surface area contributed by atoms with Gasteiger partial charge in [0.25, 0.3) is 0 Å². The van der Waals surface area contributed by atoms with E-state index in [4.69, 9.17) is 0 Å². The van der Waals surface area contributed by atoms with Gasteiger partial charge in [-0.1, -0.05) is 35.5 Å². The van der Waals surface area contributed by atoms with E-state index in [-0.39, 0.29) is 5.75 Å². The Kier molecular flexibility index (Phi) is 2.89. The molecule has 0 radical (unpaired) electrons. The summed E-state index contributed by atoms with van der Waals surface area (Å²) in [4.78, 5) is 0.984. The van der Waals surface area contributed by atoms with Crippen LogP contribution in [0.1, 0.15) is 12.0 Å². The topological polar surface area (TPSA) is 34.1 Å². The summed E-state index contributed by atoms with van der Waals surface area (Å²) in [5, 5.41) is 0. The molecule has 0 saturated carbocycles. The van der Waals surface area contributed by atoms with Crippen LogP contribution in [0.3, 0.4) is 0 Å². The van der Waals surface area contributed by atoms with Crippen LogP contribution in [-0.2, 0) is 9.84 Å². The van der Waals surface area contributed by atoms with E-state index in [1.54, 1.807) is 6.08 Å². The van der Waals surface area contributed by atoms with Gasteiger partial charge in [0, 0.05) is 4.90 Å². The molecule has 0 atom stereocenters. The largest absolute Gasteiger partial charge is 0.223 e. The minimum Gasteiger partial charge on any atom is -0.223 e. The van der Waals surface area contributed by atoms with E-state index in [1.165, 1.54) is 17.3 Å². The van der Waals surface area contributed by atoms with E-state index in [9.17, 15) is 8.42 Å². The second-order valence-corrected chi connectivity index (χ2v) is 7.00. The van der Waals surface area contributed by atoms with Gasteiger partial charge in [0.05, 0.1) is 5.75 Å². The molecule has 80 valence electrons. The first kappa shape index (κ1) is 10.8. The highest BCUT2D eigenvalue weighted by Gasteiger charge is 2.23. The zero-order valence-corrected chi connectivity index (χ0v) is 10.1. The summed E-state index contributed by atoms with van der Waals surface area (Å²) in [6.07, 6.45) is 2.45. The van der Waals surface area contributed by atoms with Gasteiger partial charge >= 0.3 is 0 Å². The van der Waals surface area contributed by atoms with Crippen molar-refractivity contribution in [3.63, 3.8) is 0 Å². The average Bonchev–Trinajstić information content (AvgIpc) is 2.50. The van der Waals surface area contributed by atoms with Crippen LogP contribution in [-0.4, -0.2) is 14.2 Å². The average molecular weight is 240 g/mol. The molecule has 1 aromatic rings. The predicted molar refractivity (Wildman–Crippen MR) is 63.5 cm³/mol. The first-order valence-corrected chi connectivity index (χ1v) is 7.22. The van der Waals surface area contributed by atoms with Crippen molar-refractivity contribution < 1.29 is 8.42 Å². The molecule has 0 aliphatic carbocycles. The molecular weight excluding hydrogens is 228 g/mol. The van der Waals surface area contributed by atoms with Crippen molar-refractivity contribution in [1.82, 2.24) is 0 Å². The maximum Gasteiger partial charge on any atom is 0.184 e. The lowest BCUT2D eigenvalue weighted by Crippen LogP contribution is -1.99. The quantitative estimate of drug-likeness (QED) is 0.797. The Morgan fingerprint density at radius 1 is 1.20 bits per heavy atom. The Hall–Kier alpha value is -0.740. The third kappa shape index (κ3) is 2.44. The summed E-state index contributed by atoms with van der Waals surface area (Å²) in [7, 11) is -2.97. The molecule has 0 spiro atoms. The smallest absolute Gasteiger partial charge is 0.184 e. The molecule has 1 aliphatic rings. The first-order valence-electron chi connectivity index (χ1n) is 4.75. The molecule has 0 unspecified atom stereocenters. The van der Waals surface area contributed by atoms with Crippen LogP contribution >= 0.6 is 11.8 Å². The van der Waals surface area contributed by atoms with Gasteiger partial charge in [-0.15, -0.1) is 0 Å². The Morgan fingerprint density at radius 3 is 2.40 bits per heavy atom. The van der Waals surface area contributed by atoms with E-state index in [0.717, 1.165) is 4.90 Å². The molecule has 1 aromatic carbocycles. The lowest BCUT2D eigenvalue weighted by Gasteiger charge is -2.02. The summed E-state index contributed by atoms with van der Waals surface area (Å²) in [5.74, 6) is 0.265. The molecule has 4 heteroatoms. The molecule has 1 aliphatic heterocycles. The van der Waals surface area contributed by atoms with Gasteiger partial charge in [-0.2, -0.15) is 0 Å². The van der Waals surface area contributed by atoms with Crippen molar-refractivity contribution >= 4 is 21.6 Å². The minimum absolute atomic E-state index is 0.265. The van der Waals surface area contributed by atoms with Crippen molar-refractivity contribution in [3.8, 4) is 0 Å². The summed E-state index contributed by atoms with van der Waals surface area (Å²) in [6, 6.07) is 7.89. The minimum atomic E-state index is -2.97. The molecule has 0 fully saturated rings. The Bertz CT molecular complexity index is 484. The van der Waals surface area contributed by atoms with Crippen LogP contribution in [0.5, 0.6) is 0 Å². The second kappa shape index (κ2) is 4.02. The lowest BCUT2D eigenvalue weighted by molar-refractivity contribution is 0.606. The molecule has 0 amide bonds. The van der Waals surface area contributed by atoms with E-state index in [2.05, 4.69) is 0 Å². The SMILES string of the molecule is Cc1ccc(SC2=CCCS2(=O)=O)cc1. The Balaban J connectivity index is 2.20. The van der Waals surface area contributed by atoms with E-state index in [0.29, 0.717) is 10.7 Å². The molecule has 2 rings (SSSR count). The first-order chi connectivity index (χ1) is 7.08. The number of rotatable bonds is 2. The van der Waals surface area contributed by atoms with Crippen LogP contribution < -0.4 is 0 Å². The van der Waals surface area contributed by atoms with Crippen molar-refractivity contribution in [2.24, 2.45) is 0 Å². The van der Waals surface area contributed by atoms with Gasteiger partial charge in [-0.05, 0) is 25.5 Å². The van der Waals surface area contributed by atoms with Gasteiger partial charge in [-0.25, -0.2) is 8.42 Å². The van der Waals surface area contributed by atoms with Crippen LogP contribution in [0, 0.1) is 6.92 Å². The van der Waals surface area contributed by atoms with Crippen molar-refractivity contribution in [1.29, 1.82) is 0 Å². The fourth-order valence-electron chi connectivity index (χ4n) is 1.39. The number of sulfone groups is 1. The van der Waals surface area contributed by atoms with Crippen molar-refractivity contribution in [3.05, 3.63) is 40.1 Å². The number of aryl methyl sites for hydroxylation is 1. The molecule has 1 heterocycles. The summed E-state index contributed by atoms with van der Waals surface area (Å²) in [5.41, 5.74) is 1.18.